The summed E-state index contributed by atoms with van der Waals surface area (Å²) in [5, 5.41) is 12.8. The van der Waals surface area contributed by atoms with E-state index in [-0.39, 0.29) is 31.6 Å². The van der Waals surface area contributed by atoms with Crippen LogP contribution in [0.2, 0.25) is 0 Å². The molecule has 2 unspecified atom stereocenters. The van der Waals surface area contributed by atoms with Gasteiger partial charge in [0.25, 0.3) is 5.91 Å². The molecule has 3 aliphatic rings. The smallest absolute Gasteiger partial charge is 0.311 e. The van der Waals surface area contributed by atoms with E-state index in [1.807, 2.05) is 79.7 Å². The number of esters is 1. The summed E-state index contributed by atoms with van der Waals surface area (Å²) in [6.07, 6.45) is 5.16. The first-order valence-corrected chi connectivity index (χ1v) is 16.0. The summed E-state index contributed by atoms with van der Waals surface area (Å²) in [5.41, 5.74) is 1.43. The van der Waals surface area contributed by atoms with Crippen LogP contribution in [0, 0.1) is 11.8 Å². The third-order valence-corrected chi connectivity index (χ3v) is 11.6. The van der Waals surface area contributed by atoms with E-state index in [1.165, 1.54) is 0 Å². The van der Waals surface area contributed by atoms with Gasteiger partial charge in [0.15, 0.2) is 0 Å². The Balaban J connectivity index is 1.48. The van der Waals surface area contributed by atoms with Crippen molar-refractivity contribution in [2.75, 3.05) is 24.7 Å². The van der Waals surface area contributed by atoms with Crippen molar-refractivity contribution in [3.63, 3.8) is 0 Å². The average Bonchev–Trinajstić information content (AvgIpc) is 3.61. The van der Waals surface area contributed by atoms with E-state index in [0.717, 1.165) is 16.3 Å². The van der Waals surface area contributed by atoms with E-state index in [9.17, 15) is 14.7 Å². The minimum absolute atomic E-state index is 0.192. The Morgan fingerprint density at radius 2 is 1.80 bits per heavy atom. The number of aliphatic hydroxyl groups is 1. The number of nitrogens with zero attached hydrogens (tertiary/aromatic N) is 2. The van der Waals surface area contributed by atoms with Crippen molar-refractivity contribution in [3.8, 4) is 0 Å². The Bertz CT molecular complexity index is 1610. The molecule has 228 valence electrons. The van der Waals surface area contributed by atoms with E-state index in [4.69, 9.17) is 4.74 Å². The van der Waals surface area contributed by atoms with Crippen LogP contribution in [0.1, 0.15) is 37.8 Å². The van der Waals surface area contributed by atoms with Crippen LogP contribution in [0.4, 0.5) is 5.69 Å². The monoisotopic (exact) mass is 610 g/mol. The zero-order valence-corrected chi connectivity index (χ0v) is 25.7. The first kappa shape index (κ1) is 30.2. The SMILES string of the molecule is C=CCCOC(=O)[C@@H]1[C@H]2C(=O)N([C@H](CO)c3ccccc3)C(C(=O)N(CC=C)c3ccc4ccccc4c3)C23CC[C@@]1(C)S3. The number of fused-ring (bicyclic) bond motifs is 2. The maximum absolute atomic E-state index is 15.1. The molecule has 7 nitrogen and oxygen atoms in total. The molecule has 0 radical (unpaired) electrons. The molecular formula is C36H38N2O5S. The van der Waals surface area contributed by atoms with Gasteiger partial charge in [-0.3, -0.25) is 14.4 Å². The second kappa shape index (κ2) is 11.9. The number of benzene rings is 3. The van der Waals surface area contributed by atoms with Gasteiger partial charge in [0.2, 0.25) is 5.91 Å². The molecular weight excluding hydrogens is 572 g/mol. The molecule has 6 rings (SSSR count). The molecule has 8 heteroatoms. The fraction of sp³-hybridized carbons (Fsp3) is 0.361. The first-order chi connectivity index (χ1) is 21.3. The Morgan fingerprint density at radius 3 is 2.50 bits per heavy atom. The van der Waals surface area contributed by atoms with Gasteiger partial charge in [-0.05, 0) is 54.7 Å². The molecule has 44 heavy (non-hydrogen) atoms. The highest BCUT2D eigenvalue weighted by Crippen LogP contribution is 2.72. The van der Waals surface area contributed by atoms with E-state index in [1.54, 1.807) is 33.7 Å². The molecule has 2 amide bonds. The van der Waals surface area contributed by atoms with Crippen molar-refractivity contribution in [2.24, 2.45) is 11.8 Å². The summed E-state index contributed by atoms with van der Waals surface area (Å²) in [7, 11) is 0. The van der Waals surface area contributed by atoms with Gasteiger partial charge in [-0.15, -0.1) is 24.9 Å². The topological polar surface area (TPSA) is 87.1 Å². The summed E-state index contributed by atoms with van der Waals surface area (Å²) in [6.45, 7) is 9.74. The van der Waals surface area contributed by atoms with Gasteiger partial charge in [0, 0.05) is 17.0 Å². The van der Waals surface area contributed by atoms with Crippen molar-refractivity contribution in [2.45, 2.75) is 47.8 Å². The summed E-state index contributed by atoms with van der Waals surface area (Å²) in [6, 6.07) is 21.5. The molecule has 3 aromatic carbocycles. The zero-order valence-electron chi connectivity index (χ0n) is 24.9. The minimum atomic E-state index is -0.915. The number of likely N-dealkylation sites (tertiary alicyclic amines) is 1. The molecule has 0 aromatic heterocycles. The zero-order chi connectivity index (χ0) is 31.1. The quantitative estimate of drug-likeness (QED) is 0.171. The normalized spacial score (nSPS) is 27.6. The van der Waals surface area contributed by atoms with Crippen LogP contribution < -0.4 is 4.90 Å². The van der Waals surface area contributed by atoms with Crippen LogP contribution in [0.3, 0.4) is 0 Å². The van der Waals surface area contributed by atoms with E-state index in [2.05, 4.69) is 13.2 Å². The van der Waals surface area contributed by atoms with Gasteiger partial charge in [-0.25, -0.2) is 0 Å². The second-order valence-corrected chi connectivity index (χ2v) is 14.0. The van der Waals surface area contributed by atoms with Crippen molar-refractivity contribution < 1.29 is 24.2 Å². The highest BCUT2D eigenvalue weighted by Gasteiger charge is 2.78. The molecule has 3 aliphatic heterocycles. The first-order valence-electron chi connectivity index (χ1n) is 15.2. The number of amides is 2. The molecule has 0 aliphatic carbocycles. The number of aliphatic hydroxyl groups excluding tert-OH is 1. The molecule has 2 bridgehead atoms. The third-order valence-electron chi connectivity index (χ3n) is 9.58. The Morgan fingerprint density at radius 1 is 1.07 bits per heavy atom. The van der Waals surface area contributed by atoms with Crippen molar-refractivity contribution in [1.82, 2.24) is 4.90 Å². The van der Waals surface area contributed by atoms with Crippen molar-refractivity contribution >= 4 is 46.0 Å². The lowest BCUT2D eigenvalue weighted by Crippen LogP contribution is -2.56. The van der Waals surface area contributed by atoms with Gasteiger partial charge >= 0.3 is 5.97 Å². The Labute approximate surface area is 262 Å². The Hall–Kier alpha value is -3.88. The lowest BCUT2D eigenvalue weighted by Gasteiger charge is -2.39. The van der Waals surface area contributed by atoms with Gasteiger partial charge in [-0.2, -0.15) is 0 Å². The van der Waals surface area contributed by atoms with Gasteiger partial charge in [-0.1, -0.05) is 72.8 Å². The summed E-state index contributed by atoms with van der Waals surface area (Å²) >= 11 is 1.59. The summed E-state index contributed by atoms with van der Waals surface area (Å²) in [5.74, 6) is -2.40. The number of anilines is 1. The summed E-state index contributed by atoms with van der Waals surface area (Å²) in [4.78, 5) is 46.7. The molecule has 3 fully saturated rings. The lowest BCUT2D eigenvalue weighted by molar-refractivity contribution is -0.156. The van der Waals surface area contributed by atoms with Gasteiger partial charge in [0.1, 0.15) is 6.04 Å². The van der Waals surface area contributed by atoms with E-state index < -0.39 is 39.4 Å². The number of carbonyl (C=O) groups is 3. The van der Waals surface area contributed by atoms with Crippen LogP contribution in [-0.2, 0) is 19.1 Å². The number of thioether (sulfide) groups is 1. The highest BCUT2D eigenvalue weighted by atomic mass is 32.2. The average molecular weight is 611 g/mol. The van der Waals surface area contributed by atoms with Crippen LogP contribution in [0.5, 0.6) is 0 Å². The van der Waals surface area contributed by atoms with Crippen LogP contribution in [0.15, 0.2) is 98.1 Å². The molecule has 1 spiro atoms. The molecule has 1 N–H and O–H groups in total. The maximum atomic E-state index is 15.1. The van der Waals surface area contributed by atoms with Gasteiger partial charge in [0.05, 0.1) is 35.8 Å². The standard InChI is InChI=1S/C36H38N2O5S/c1-4-6-21-43-34(42)30-29-32(40)38(28(23-39)25-13-8-7-9-14-25)31(36(29)19-18-35(30,3)44-36)33(41)37(20-5-2)27-17-16-24-12-10-11-15-26(24)22-27/h4-5,7-17,22,28-31,39H,1-2,6,18-21,23H2,3H3/t28-,29+,30+,31?,35-,36?/m1/s1. The molecule has 6 atom stereocenters. The van der Waals surface area contributed by atoms with Crippen LogP contribution in [0.25, 0.3) is 10.8 Å². The number of ether oxygens (including phenoxy) is 1. The second-order valence-electron chi connectivity index (χ2n) is 12.1. The predicted octanol–water partition coefficient (Wildman–Crippen LogP) is 5.69. The third kappa shape index (κ3) is 4.75. The van der Waals surface area contributed by atoms with Gasteiger partial charge < -0.3 is 19.6 Å². The fourth-order valence-corrected chi connectivity index (χ4v) is 9.97. The molecule has 3 aromatic rings. The molecule has 3 heterocycles. The van der Waals surface area contributed by atoms with Crippen molar-refractivity contribution in [3.05, 3.63) is 104 Å². The predicted molar refractivity (Wildman–Crippen MR) is 174 cm³/mol. The lowest BCUT2D eigenvalue weighted by atomic mass is 9.66. The summed E-state index contributed by atoms with van der Waals surface area (Å²) < 4.78 is 4.27. The fourth-order valence-electron chi connectivity index (χ4n) is 7.64. The molecule has 0 saturated carbocycles. The number of hydrogen-bond donors (Lipinski definition) is 1. The number of carbonyl (C=O) groups excluding carboxylic acids is 3. The van der Waals surface area contributed by atoms with Crippen LogP contribution >= 0.6 is 11.8 Å². The van der Waals surface area contributed by atoms with Crippen molar-refractivity contribution in [1.29, 1.82) is 0 Å². The van der Waals surface area contributed by atoms with Crippen LogP contribution in [-0.4, -0.2) is 63.1 Å². The maximum Gasteiger partial charge on any atom is 0.311 e. The minimum Gasteiger partial charge on any atom is -0.465 e. The Kier molecular flexibility index (Phi) is 8.16. The number of rotatable bonds is 11. The highest BCUT2D eigenvalue weighted by molar-refractivity contribution is 8.02. The van der Waals surface area contributed by atoms with E-state index >= 15 is 4.79 Å². The largest absolute Gasteiger partial charge is 0.465 e. The number of hydrogen-bond acceptors (Lipinski definition) is 6. The molecule has 3 saturated heterocycles. The van der Waals surface area contributed by atoms with E-state index in [0.29, 0.717) is 24.9 Å².